The van der Waals surface area contributed by atoms with Crippen molar-refractivity contribution in [2.75, 3.05) is 53.0 Å². The van der Waals surface area contributed by atoms with E-state index in [2.05, 4.69) is 20.5 Å². The zero-order chi connectivity index (χ0) is 20.3. The van der Waals surface area contributed by atoms with Crippen molar-refractivity contribution in [2.45, 2.75) is 6.42 Å². The highest BCUT2D eigenvalue weighted by Crippen LogP contribution is 2.24. The Balaban J connectivity index is 1.40. The van der Waals surface area contributed by atoms with Crippen molar-refractivity contribution in [3.63, 3.8) is 0 Å². The molecular weight excluding hydrogens is 371 g/mol. The Morgan fingerprint density at radius 2 is 1.86 bits per heavy atom. The maximum Gasteiger partial charge on any atom is 0.191 e. The van der Waals surface area contributed by atoms with Crippen LogP contribution in [0.25, 0.3) is 0 Å². The van der Waals surface area contributed by atoms with Gasteiger partial charge in [0.15, 0.2) is 17.5 Å². The molecule has 0 unspecified atom stereocenters. The molecule has 2 aromatic rings. The maximum absolute atomic E-state index is 14.3. The molecule has 2 aromatic carbocycles. The monoisotopic (exact) mass is 400 g/mol. The number of hydrogen-bond acceptors (Lipinski definition) is 4. The van der Waals surface area contributed by atoms with Gasteiger partial charge in [-0.3, -0.25) is 9.89 Å². The first-order valence-corrected chi connectivity index (χ1v) is 10.0. The van der Waals surface area contributed by atoms with Gasteiger partial charge in [-0.2, -0.15) is 0 Å². The van der Waals surface area contributed by atoms with Crippen LogP contribution in [-0.2, 0) is 11.2 Å². The van der Waals surface area contributed by atoms with Gasteiger partial charge in [-0.05, 0) is 36.2 Å². The molecule has 0 saturated carbocycles. The van der Waals surface area contributed by atoms with E-state index >= 15 is 0 Å². The van der Waals surface area contributed by atoms with E-state index in [9.17, 15) is 4.39 Å². The molecule has 0 atom stereocenters. The molecule has 1 aliphatic heterocycles. The van der Waals surface area contributed by atoms with Crippen LogP contribution in [0.2, 0.25) is 0 Å². The van der Waals surface area contributed by atoms with Gasteiger partial charge >= 0.3 is 0 Å². The summed E-state index contributed by atoms with van der Waals surface area (Å²) in [5, 5.41) is 6.58. The first-order valence-electron chi connectivity index (χ1n) is 10.0. The molecule has 156 valence electrons. The van der Waals surface area contributed by atoms with Crippen LogP contribution in [0, 0.1) is 5.82 Å². The lowest BCUT2D eigenvalue weighted by molar-refractivity contribution is 0.0389. The van der Waals surface area contributed by atoms with Crippen LogP contribution >= 0.6 is 0 Å². The molecule has 0 spiro atoms. The van der Waals surface area contributed by atoms with E-state index < -0.39 is 0 Å². The summed E-state index contributed by atoms with van der Waals surface area (Å²) in [4.78, 5) is 6.60. The van der Waals surface area contributed by atoms with Crippen LogP contribution in [0.15, 0.2) is 53.5 Å². The summed E-state index contributed by atoms with van der Waals surface area (Å²) in [6.07, 6.45) is 0.687. The van der Waals surface area contributed by atoms with Gasteiger partial charge in [0.25, 0.3) is 0 Å². The van der Waals surface area contributed by atoms with Crippen molar-refractivity contribution in [3.05, 3.63) is 59.9 Å². The quantitative estimate of drug-likeness (QED) is 0.527. The molecule has 1 heterocycles. The van der Waals surface area contributed by atoms with Gasteiger partial charge in [0.05, 0.1) is 13.2 Å². The van der Waals surface area contributed by atoms with E-state index in [1.807, 2.05) is 24.3 Å². The van der Waals surface area contributed by atoms with Crippen LogP contribution in [0.5, 0.6) is 11.5 Å². The van der Waals surface area contributed by atoms with Crippen LogP contribution in [0.1, 0.15) is 5.56 Å². The van der Waals surface area contributed by atoms with E-state index in [0.29, 0.717) is 18.7 Å². The van der Waals surface area contributed by atoms with Crippen molar-refractivity contribution in [1.82, 2.24) is 15.5 Å². The third-order valence-electron chi connectivity index (χ3n) is 4.72. The maximum atomic E-state index is 14.3. The first-order chi connectivity index (χ1) is 14.2. The fourth-order valence-electron chi connectivity index (χ4n) is 3.10. The molecule has 6 nitrogen and oxygen atoms in total. The topological polar surface area (TPSA) is 58.1 Å². The third-order valence-corrected chi connectivity index (χ3v) is 4.72. The summed E-state index contributed by atoms with van der Waals surface area (Å²) in [5.41, 5.74) is 0.902. The highest BCUT2D eigenvalue weighted by Gasteiger charge is 2.10. The van der Waals surface area contributed by atoms with Crippen molar-refractivity contribution in [2.24, 2.45) is 4.99 Å². The van der Waals surface area contributed by atoms with Crippen molar-refractivity contribution >= 4 is 5.96 Å². The Hall–Kier alpha value is -2.64. The second kappa shape index (κ2) is 11.4. The molecule has 29 heavy (non-hydrogen) atoms. The normalized spacial score (nSPS) is 15.2. The molecule has 0 radical (unpaired) electrons. The van der Waals surface area contributed by atoms with Gasteiger partial charge in [-0.25, -0.2) is 4.39 Å². The second-order valence-corrected chi connectivity index (χ2v) is 6.81. The Labute approximate surface area is 171 Å². The SMILES string of the molecule is CN=C(NCCc1ccc(Oc2ccccc2)c(F)c1)NCCN1CCOCC1. The molecule has 0 amide bonds. The van der Waals surface area contributed by atoms with Crippen LogP contribution in [0.3, 0.4) is 0 Å². The van der Waals surface area contributed by atoms with Gasteiger partial charge in [-0.15, -0.1) is 0 Å². The van der Waals surface area contributed by atoms with Crippen LogP contribution in [-0.4, -0.2) is 63.8 Å². The van der Waals surface area contributed by atoms with Gasteiger partial charge in [0, 0.05) is 39.8 Å². The summed E-state index contributed by atoms with van der Waals surface area (Å²) in [6, 6.07) is 14.3. The zero-order valence-electron chi connectivity index (χ0n) is 16.9. The van der Waals surface area contributed by atoms with Gasteiger partial charge in [-0.1, -0.05) is 24.3 Å². The lowest BCUT2D eigenvalue weighted by atomic mass is 10.1. The Bertz CT molecular complexity index is 780. The summed E-state index contributed by atoms with van der Waals surface area (Å²) >= 11 is 0. The number of morpholine rings is 1. The molecule has 7 heteroatoms. The molecule has 0 aromatic heterocycles. The summed E-state index contributed by atoms with van der Waals surface area (Å²) < 4.78 is 25.3. The zero-order valence-corrected chi connectivity index (χ0v) is 16.9. The standard InChI is InChI=1S/C22H29FN4O2/c1-24-22(26-11-12-27-13-15-28-16-14-27)25-10-9-18-7-8-21(20(23)17-18)29-19-5-3-2-4-6-19/h2-8,17H,9-16H2,1H3,(H2,24,25,26). The lowest BCUT2D eigenvalue weighted by Crippen LogP contribution is -2.44. The minimum atomic E-state index is -0.362. The average Bonchev–Trinajstić information content (AvgIpc) is 2.76. The van der Waals surface area contributed by atoms with E-state index in [4.69, 9.17) is 9.47 Å². The number of rotatable bonds is 8. The van der Waals surface area contributed by atoms with Crippen molar-refractivity contribution in [3.8, 4) is 11.5 Å². The third kappa shape index (κ3) is 7.03. The van der Waals surface area contributed by atoms with E-state index in [-0.39, 0.29) is 11.6 Å². The lowest BCUT2D eigenvalue weighted by Gasteiger charge is -2.26. The molecule has 1 saturated heterocycles. The summed E-state index contributed by atoms with van der Waals surface area (Å²) in [6.45, 7) is 6.00. The minimum absolute atomic E-state index is 0.230. The van der Waals surface area contributed by atoms with Gasteiger partial charge in [0.2, 0.25) is 0 Å². The fourth-order valence-corrected chi connectivity index (χ4v) is 3.10. The highest BCUT2D eigenvalue weighted by atomic mass is 19.1. The number of halogens is 1. The number of para-hydroxylation sites is 1. The van der Waals surface area contributed by atoms with E-state index in [1.54, 1.807) is 25.2 Å². The highest BCUT2D eigenvalue weighted by molar-refractivity contribution is 5.79. The van der Waals surface area contributed by atoms with E-state index in [0.717, 1.165) is 50.9 Å². The largest absolute Gasteiger partial charge is 0.454 e. The molecule has 1 aliphatic rings. The average molecular weight is 400 g/mol. The molecule has 2 N–H and O–H groups in total. The molecule has 0 bridgehead atoms. The Kier molecular flexibility index (Phi) is 8.27. The molecular formula is C22H29FN4O2. The first kappa shape index (κ1) is 21.1. The number of guanidine groups is 1. The predicted molar refractivity (Wildman–Crippen MR) is 113 cm³/mol. The number of nitrogens with zero attached hydrogens (tertiary/aromatic N) is 2. The van der Waals surface area contributed by atoms with Crippen LogP contribution in [0.4, 0.5) is 4.39 Å². The second-order valence-electron chi connectivity index (χ2n) is 6.81. The smallest absolute Gasteiger partial charge is 0.191 e. The number of benzene rings is 2. The minimum Gasteiger partial charge on any atom is -0.454 e. The Morgan fingerprint density at radius 3 is 2.59 bits per heavy atom. The number of ether oxygens (including phenoxy) is 2. The number of hydrogen-bond donors (Lipinski definition) is 2. The van der Waals surface area contributed by atoms with Crippen LogP contribution < -0.4 is 15.4 Å². The van der Waals surface area contributed by atoms with Gasteiger partial charge in [0.1, 0.15) is 5.75 Å². The van der Waals surface area contributed by atoms with Crippen molar-refractivity contribution < 1.29 is 13.9 Å². The summed E-state index contributed by atoms with van der Waals surface area (Å²) in [7, 11) is 1.75. The summed E-state index contributed by atoms with van der Waals surface area (Å²) in [5.74, 6) is 1.24. The van der Waals surface area contributed by atoms with Crippen molar-refractivity contribution in [1.29, 1.82) is 0 Å². The molecule has 3 rings (SSSR count). The molecule has 0 aliphatic carbocycles. The molecule has 1 fully saturated rings. The number of nitrogens with one attached hydrogen (secondary N) is 2. The predicted octanol–water partition coefficient (Wildman–Crippen LogP) is 2.66. The van der Waals surface area contributed by atoms with E-state index in [1.165, 1.54) is 6.07 Å². The number of aliphatic imine (C=N–C) groups is 1. The Morgan fingerprint density at radius 1 is 1.10 bits per heavy atom. The van der Waals surface area contributed by atoms with Gasteiger partial charge < -0.3 is 20.1 Å². The fraction of sp³-hybridized carbons (Fsp3) is 0.409.